The quantitative estimate of drug-likeness (QED) is 0.698. The Labute approximate surface area is 119 Å². The third kappa shape index (κ3) is 5.19. The molecule has 1 unspecified atom stereocenters. The van der Waals surface area contributed by atoms with Gasteiger partial charge in [0, 0.05) is 6.54 Å². The van der Waals surface area contributed by atoms with Gasteiger partial charge in [-0.25, -0.2) is 0 Å². The Hall–Kier alpha value is -1.59. The number of hydrogen-bond donors (Lipinski definition) is 3. The highest BCUT2D eigenvalue weighted by molar-refractivity contribution is 5.77. The number of hydrogen-bond acceptors (Lipinski definition) is 4. The van der Waals surface area contributed by atoms with Crippen molar-refractivity contribution in [2.24, 2.45) is 0 Å². The first-order chi connectivity index (χ1) is 9.35. The van der Waals surface area contributed by atoms with Crippen LogP contribution in [0.5, 0.6) is 5.75 Å². The normalized spacial score (nSPS) is 13.9. The van der Waals surface area contributed by atoms with Crippen LogP contribution in [0.3, 0.4) is 0 Å². The zero-order valence-electron chi connectivity index (χ0n) is 12.2. The summed E-state index contributed by atoms with van der Waals surface area (Å²) < 4.78 is 5.50. The Bertz CT molecular complexity index is 443. The van der Waals surface area contributed by atoms with Crippen LogP contribution in [0.25, 0.3) is 0 Å². The Morgan fingerprint density at radius 3 is 2.65 bits per heavy atom. The Kier molecular flexibility index (Phi) is 5.98. The fraction of sp³-hybridized carbons (Fsp3) is 0.533. The molecule has 0 heterocycles. The fourth-order valence-corrected chi connectivity index (χ4v) is 1.63. The predicted octanol–water partition coefficient (Wildman–Crippen LogP) is 1.05. The lowest BCUT2D eigenvalue weighted by atomic mass is 10.0. The minimum absolute atomic E-state index is 0.0163. The summed E-state index contributed by atoms with van der Waals surface area (Å²) in [5, 5.41) is 21.0. The van der Waals surface area contributed by atoms with Crippen LogP contribution in [0.1, 0.15) is 32.3 Å². The lowest BCUT2D eigenvalue weighted by molar-refractivity contribution is -0.124. The van der Waals surface area contributed by atoms with Gasteiger partial charge in [-0.1, -0.05) is 32.0 Å². The van der Waals surface area contributed by atoms with Crippen molar-refractivity contribution in [2.45, 2.75) is 32.3 Å². The number of amides is 1. The average Bonchev–Trinajstić information content (AvgIpc) is 2.43. The molecular weight excluding hydrogens is 258 g/mol. The standard InChI is InChI=1S/C15H23NO4/c1-11(2)12-6-4-5-7-13(12)20-8-14(18)16-9-15(3,19)10-17/h4-7,11,17,19H,8-10H2,1-3H3,(H,16,18). The van der Waals surface area contributed by atoms with Crippen LogP contribution in [-0.2, 0) is 4.79 Å². The van der Waals surface area contributed by atoms with Crippen molar-refractivity contribution in [3.05, 3.63) is 29.8 Å². The molecule has 1 rings (SSSR count). The van der Waals surface area contributed by atoms with E-state index in [0.29, 0.717) is 11.7 Å². The summed E-state index contributed by atoms with van der Waals surface area (Å²) >= 11 is 0. The topological polar surface area (TPSA) is 78.8 Å². The zero-order valence-corrected chi connectivity index (χ0v) is 12.2. The molecule has 20 heavy (non-hydrogen) atoms. The molecule has 1 amide bonds. The number of para-hydroxylation sites is 1. The summed E-state index contributed by atoms with van der Waals surface area (Å²) in [5.41, 5.74) is -0.270. The molecule has 0 aliphatic heterocycles. The maximum Gasteiger partial charge on any atom is 0.258 e. The monoisotopic (exact) mass is 281 g/mol. The minimum atomic E-state index is -1.31. The van der Waals surface area contributed by atoms with Crippen LogP contribution in [0.15, 0.2) is 24.3 Å². The molecule has 0 bridgehead atoms. The van der Waals surface area contributed by atoms with Crippen LogP contribution < -0.4 is 10.1 Å². The second kappa shape index (κ2) is 7.26. The summed E-state index contributed by atoms with van der Waals surface area (Å²) in [5.74, 6) is 0.660. The number of aliphatic hydroxyl groups is 2. The van der Waals surface area contributed by atoms with E-state index >= 15 is 0 Å². The highest BCUT2D eigenvalue weighted by Crippen LogP contribution is 2.25. The first-order valence-electron chi connectivity index (χ1n) is 6.67. The van der Waals surface area contributed by atoms with Gasteiger partial charge in [0.05, 0.1) is 6.61 Å². The first kappa shape index (κ1) is 16.5. The molecule has 5 heteroatoms. The number of rotatable bonds is 7. The molecule has 0 aliphatic rings. The molecule has 0 aliphatic carbocycles. The highest BCUT2D eigenvalue weighted by atomic mass is 16.5. The van der Waals surface area contributed by atoms with E-state index < -0.39 is 12.2 Å². The number of aliphatic hydroxyl groups excluding tert-OH is 1. The molecule has 0 aromatic heterocycles. The molecule has 0 radical (unpaired) electrons. The molecule has 3 N–H and O–H groups in total. The minimum Gasteiger partial charge on any atom is -0.483 e. The summed E-state index contributed by atoms with van der Waals surface area (Å²) in [6, 6.07) is 7.58. The lowest BCUT2D eigenvalue weighted by Crippen LogP contribution is -2.44. The summed E-state index contributed by atoms with van der Waals surface area (Å²) in [7, 11) is 0. The molecule has 0 spiro atoms. The lowest BCUT2D eigenvalue weighted by Gasteiger charge is -2.20. The van der Waals surface area contributed by atoms with Crippen molar-refractivity contribution in [2.75, 3.05) is 19.8 Å². The molecular formula is C15H23NO4. The number of carbonyl (C=O) groups excluding carboxylic acids is 1. The van der Waals surface area contributed by atoms with Crippen LogP contribution >= 0.6 is 0 Å². The average molecular weight is 281 g/mol. The number of benzene rings is 1. The van der Waals surface area contributed by atoms with Crippen molar-refractivity contribution in [1.29, 1.82) is 0 Å². The van der Waals surface area contributed by atoms with Gasteiger partial charge < -0.3 is 20.3 Å². The molecule has 5 nitrogen and oxygen atoms in total. The predicted molar refractivity (Wildman–Crippen MR) is 76.7 cm³/mol. The van der Waals surface area contributed by atoms with Crippen LogP contribution in [0.2, 0.25) is 0 Å². The van der Waals surface area contributed by atoms with Gasteiger partial charge in [0.2, 0.25) is 0 Å². The van der Waals surface area contributed by atoms with Crippen LogP contribution in [0.4, 0.5) is 0 Å². The number of nitrogens with one attached hydrogen (secondary N) is 1. The Balaban J connectivity index is 2.49. The SMILES string of the molecule is CC(C)c1ccccc1OCC(=O)NCC(C)(O)CO. The van der Waals surface area contributed by atoms with E-state index in [4.69, 9.17) is 9.84 Å². The van der Waals surface area contributed by atoms with E-state index in [9.17, 15) is 9.90 Å². The second-order valence-electron chi connectivity index (χ2n) is 5.41. The number of ether oxygens (including phenoxy) is 1. The molecule has 1 aromatic rings. The maximum absolute atomic E-state index is 11.6. The third-order valence-electron chi connectivity index (χ3n) is 2.91. The highest BCUT2D eigenvalue weighted by Gasteiger charge is 2.20. The number of carbonyl (C=O) groups is 1. The van der Waals surface area contributed by atoms with E-state index in [1.165, 1.54) is 6.92 Å². The van der Waals surface area contributed by atoms with Gasteiger partial charge in [-0.05, 0) is 24.5 Å². The molecule has 0 fully saturated rings. The van der Waals surface area contributed by atoms with Crippen molar-refractivity contribution >= 4 is 5.91 Å². The van der Waals surface area contributed by atoms with E-state index in [1.807, 2.05) is 24.3 Å². The van der Waals surface area contributed by atoms with Gasteiger partial charge in [0.1, 0.15) is 11.4 Å². The van der Waals surface area contributed by atoms with Crippen LogP contribution in [0, 0.1) is 0 Å². The van der Waals surface area contributed by atoms with Gasteiger partial charge in [0.25, 0.3) is 5.91 Å². The van der Waals surface area contributed by atoms with Crippen LogP contribution in [-0.4, -0.2) is 41.5 Å². The van der Waals surface area contributed by atoms with E-state index in [0.717, 1.165) is 5.56 Å². The van der Waals surface area contributed by atoms with Gasteiger partial charge in [0.15, 0.2) is 6.61 Å². The van der Waals surface area contributed by atoms with Crippen molar-refractivity contribution in [3.8, 4) is 5.75 Å². The van der Waals surface area contributed by atoms with E-state index in [1.54, 1.807) is 0 Å². The fourth-order valence-electron chi connectivity index (χ4n) is 1.63. The van der Waals surface area contributed by atoms with Crippen molar-refractivity contribution < 1.29 is 19.7 Å². The molecule has 0 saturated carbocycles. The van der Waals surface area contributed by atoms with E-state index in [2.05, 4.69) is 19.2 Å². The summed E-state index contributed by atoms with van der Waals surface area (Å²) in [6.07, 6.45) is 0. The van der Waals surface area contributed by atoms with Gasteiger partial charge >= 0.3 is 0 Å². The zero-order chi connectivity index (χ0) is 15.2. The molecule has 0 saturated heterocycles. The molecule has 1 atom stereocenters. The largest absolute Gasteiger partial charge is 0.483 e. The second-order valence-corrected chi connectivity index (χ2v) is 5.41. The Morgan fingerprint density at radius 2 is 2.05 bits per heavy atom. The van der Waals surface area contributed by atoms with Gasteiger partial charge in [-0.2, -0.15) is 0 Å². The van der Waals surface area contributed by atoms with Gasteiger partial charge in [-0.15, -0.1) is 0 Å². The van der Waals surface area contributed by atoms with Crippen molar-refractivity contribution in [1.82, 2.24) is 5.32 Å². The maximum atomic E-state index is 11.6. The third-order valence-corrected chi connectivity index (χ3v) is 2.91. The van der Waals surface area contributed by atoms with Crippen molar-refractivity contribution in [3.63, 3.8) is 0 Å². The van der Waals surface area contributed by atoms with Gasteiger partial charge in [-0.3, -0.25) is 4.79 Å². The van der Waals surface area contributed by atoms with E-state index in [-0.39, 0.29) is 19.1 Å². The smallest absolute Gasteiger partial charge is 0.258 e. The molecule has 1 aromatic carbocycles. The Morgan fingerprint density at radius 1 is 1.40 bits per heavy atom. The molecule has 112 valence electrons. The summed E-state index contributed by atoms with van der Waals surface area (Å²) in [6.45, 7) is 5.01. The first-order valence-corrected chi connectivity index (χ1v) is 6.67. The summed E-state index contributed by atoms with van der Waals surface area (Å²) in [4.78, 5) is 11.6.